The Morgan fingerprint density at radius 1 is 1.33 bits per heavy atom. The highest BCUT2D eigenvalue weighted by molar-refractivity contribution is 6.08. The van der Waals surface area contributed by atoms with Crippen molar-refractivity contribution in [2.75, 3.05) is 0 Å². The van der Waals surface area contributed by atoms with E-state index in [4.69, 9.17) is 0 Å². The Kier molecular flexibility index (Phi) is 3.16. The van der Waals surface area contributed by atoms with E-state index < -0.39 is 12.0 Å². The summed E-state index contributed by atoms with van der Waals surface area (Å²) < 4.78 is 1.88. The van der Waals surface area contributed by atoms with E-state index in [2.05, 4.69) is 9.97 Å². The zero-order valence-corrected chi connectivity index (χ0v) is 13.1. The Balaban J connectivity index is 1.78. The Labute approximate surface area is 137 Å². The maximum Gasteiger partial charge on any atom is 0.326 e. The molecule has 0 aliphatic carbocycles. The van der Waals surface area contributed by atoms with E-state index in [-0.39, 0.29) is 18.9 Å². The van der Waals surface area contributed by atoms with Gasteiger partial charge in [-0.1, -0.05) is 18.2 Å². The van der Waals surface area contributed by atoms with Gasteiger partial charge in [0, 0.05) is 30.6 Å². The molecule has 1 amide bonds. The molecule has 24 heavy (non-hydrogen) atoms. The molecule has 7 nitrogen and oxygen atoms in total. The first-order valence-electron chi connectivity index (χ1n) is 7.65. The van der Waals surface area contributed by atoms with Crippen LogP contribution < -0.4 is 0 Å². The SMILES string of the molecule is Cn1cc(C(=O)N2Cc3[nH]cnc3CC2C(=O)O)c2ccccc21. The normalized spacial score (nSPS) is 17.0. The monoisotopic (exact) mass is 324 g/mol. The van der Waals surface area contributed by atoms with Crippen molar-refractivity contribution >= 4 is 22.8 Å². The van der Waals surface area contributed by atoms with E-state index in [9.17, 15) is 14.7 Å². The molecule has 1 aliphatic rings. The van der Waals surface area contributed by atoms with E-state index >= 15 is 0 Å². The van der Waals surface area contributed by atoms with Crippen molar-refractivity contribution in [3.8, 4) is 0 Å². The average Bonchev–Trinajstić information content (AvgIpc) is 3.17. The third-order valence-corrected chi connectivity index (χ3v) is 4.57. The number of carbonyl (C=O) groups is 2. The van der Waals surface area contributed by atoms with Gasteiger partial charge in [0.1, 0.15) is 6.04 Å². The smallest absolute Gasteiger partial charge is 0.326 e. The number of amides is 1. The van der Waals surface area contributed by atoms with Crippen LogP contribution in [0.15, 0.2) is 36.8 Å². The maximum atomic E-state index is 13.1. The van der Waals surface area contributed by atoms with E-state index in [1.807, 2.05) is 35.9 Å². The molecule has 0 spiro atoms. The molecule has 1 aliphatic heterocycles. The third-order valence-electron chi connectivity index (χ3n) is 4.57. The number of aliphatic carboxylic acids is 1. The molecule has 122 valence electrons. The molecule has 4 rings (SSSR count). The molecule has 2 aromatic heterocycles. The van der Waals surface area contributed by atoms with Crippen molar-refractivity contribution in [3.05, 3.63) is 53.7 Å². The van der Waals surface area contributed by atoms with Gasteiger partial charge in [0.15, 0.2) is 0 Å². The molecule has 0 radical (unpaired) electrons. The number of aryl methyl sites for hydroxylation is 1. The van der Waals surface area contributed by atoms with Gasteiger partial charge in [-0.05, 0) is 6.07 Å². The zero-order chi connectivity index (χ0) is 16.8. The van der Waals surface area contributed by atoms with Gasteiger partial charge in [-0.25, -0.2) is 9.78 Å². The summed E-state index contributed by atoms with van der Waals surface area (Å²) in [5, 5.41) is 10.4. The number of fused-ring (bicyclic) bond motifs is 2. The number of H-pyrrole nitrogens is 1. The quantitative estimate of drug-likeness (QED) is 0.748. The van der Waals surface area contributed by atoms with Crippen molar-refractivity contribution in [1.82, 2.24) is 19.4 Å². The standard InChI is InChI=1S/C17H16N4O3/c1-20-7-11(10-4-2-3-5-14(10)20)16(22)21-8-13-12(18-9-19-13)6-15(21)17(23)24/h2-5,7,9,15H,6,8H2,1H3,(H,18,19)(H,23,24). The van der Waals surface area contributed by atoms with Crippen molar-refractivity contribution in [1.29, 1.82) is 0 Å². The summed E-state index contributed by atoms with van der Waals surface area (Å²) >= 11 is 0. The topological polar surface area (TPSA) is 91.2 Å². The first-order valence-corrected chi connectivity index (χ1v) is 7.65. The number of carbonyl (C=O) groups excluding carboxylic acids is 1. The molecule has 3 aromatic rings. The largest absolute Gasteiger partial charge is 0.480 e. The molecule has 2 N–H and O–H groups in total. The van der Waals surface area contributed by atoms with Gasteiger partial charge in [-0.15, -0.1) is 0 Å². The highest BCUT2D eigenvalue weighted by atomic mass is 16.4. The van der Waals surface area contributed by atoms with Gasteiger partial charge in [0.25, 0.3) is 5.91 Å². The lowest BCUT2D eigenvalue weighted by Crippen LogP contribution is -2.48. The van der Waals surface area contributed by atoms with Crippen molar-refractivity contribution in [2.24, 2.45) is 7.05 Å². The number of imidazole rings is 1. The molecule has 1 unspecified atom stereocenters. The number of aromatic nitrogens is 3. The van der Waals surface area contributed by atoms with Gasteiger partial charge in [0.2, 0.25) is 0 Å². The summed E-state index contributed by atoms with van der Waals surface area (Å²) in [7, 11) is 1.87. The van der Waals surface area contributed by atoms with Crippen LogP contribution in [0.5, 0.6) is 0 Å². The molecule has 0 bridgehead atoms. The van der Waals surface area contributed by atoms with Crippen LogP contribution in [0.2, 0.25) is 0 Å². The van der Waals surface area contributed by atoms with Crippen LogP contribution in [0, 0.1) is 0 Å². The van der Waals surface area contributed by atoms with E-state index in [0.29, 0.717) is 11.3 Å². The molecular weight excluding hydrogens is 308 g/mol. The molecule has 7 heteroatoms. The number of benzene rings is 1. The minimum atomic E-state index is -1.02. The summed E-state index contributed by atoms with van der Waals surface area (Å²) in [6, 6.07) is 6.69. The first kappa shape index (κ1) is 14.5. The number of hydrogen-bond acceptors (Lipinski definition) is 3. The Hall–Kier alpha value is -3.09. The van der Waals surface area contributed by atoms with E-state index in [0.717, 1.165) is 16.6 Å². The predicted molar refractivity (Wildman–Crippen MR) is 86.5 cm³/mol. The van der Waals surface area contributed by atoms with Gasteiger partial charge in [-0.2, -0.15) is 0 Å². The van der Waals surface area contributed by atoms with Gasteiger partial charge >= 0.3 is 5.97 Å². The molecule has 1 atom stereocenters. The van der Waals surface area contributed by atoms with Crippen LogP contribution in [0.1, 0.15) is 21.7 Å². The van der Waals surface area contributed by atoms with Crippen LogP contribution in [0.4, 0.5) is 0 Å². The maximum absolute atomic E-state index is 13.1. The second-order valence-electron chi connectivity index (χ2n) is 5.99. The number of aromatic amines is 1. The lowest BCUT2D eigenvalue weighted by Gasteiger charge is -2.32. The molecule has 0 fully saturated rings. The zero-order valence-electron chi connectivity index (χ0n) is 13.1. The van der Waals surface area contributed by atoms with Crippen LogP contribution in [-0.4, -0.2) is 42.5 Å². The van der Waals surface area contributed by atoms with Crippen LogP contribution >= 0.6 is 0 Å². The van der Waals surface area contributed by atoms with Crippen molar-refractivity contribution in [2.45, 2.75) is 19.0 Å². The third kappa shape index (κ3) is 2.09. The van der Waals surface area contributed by atoms with Crippen LogP contribution in [-0.2, 0) is 24.8 Å². The van der Waals surface area contributed by atoms with Crippen molar-refractivity contribution in [3.63, 3.8) is 0 Å². The van der Waals surface area contributed by atoms with Crippen LogP contribution in [0.3, 0.4) is 0 Å². The summed E-state index contributed by atoms with van der Waals surface area (Å²) in [5.74, 6) is -1.29. The minimum Gasteiger partial charge on any atom is -0.480 e. The molecule has 3 heterocycles. The highest BCUT2D eigenvalue weighted by Gasteiger charge is 2.37. The second-order valence-corrected chi connectivity index (χ2v) is 5.99. The highest BCUT2D eigenvalue weighted by Crippen LogP contribution is 2.27. The van der Waals surface area contributed by atoms with Crippen LogP contribution in [0.25, 0.3) is 10.9 Å². The number of hydrogen-bond donors (Lipinski definition) is 2. The molecule has 0 saturated carbocycles. The molecule has 0 saturated heterocycles. The lowest BCUT2D eigenvalue weighted by molar-refractivity contribution is -0.142. The van der Waals surface area contributed by atoms with Gasteiger partial charge in [-0.3, -0.25) is 4.79 Å². The predicted octanol–water partition coefficient (Wildman–Crippen LogP) is 1.55. The Morgan fingerprint density at radius 3 is 2.92 bits per heavy atom. The molecule has 1 aromatic carbocycles. The average molecular weight is 324 g/mol. The molecular formula is C17H16N4O3. The van der Waals surface area contributed by atoms with E-state index in [1.54, 1.807) is 6.20 Å². The Bertz CT molecular complexity index is 956. The summed E-state index contributed by atoms with van der Waals surface area (Å²) in [4.78, 5) is 33.3. The lowest BCUT2D eigenvalue weighted by atomic mass is 10.0. The number of carboxylic acids is 1. The van der Waals surface area contributed by atoms with Crippen molar-refractivity contribution < 1.29 is 14.7 Å². The van der Waals surface area contributed by atoms with Gasteiger partial charge in [0.05, 0.1) is 29.8 Å². The minimum absolute atomic E-state index is 0.213. The summed E-state index contributed by atoms with van der Waals surface area (Å²) in [5.41, 5.74) is 2.96. The fourth-order valence-electron chi connectivity index (χ4n) is 3.34. The second kappa shape index (κ2) is 5.23. The summed E-state index contributed by atoms with van der Waals surface area (Å²) in [6.45, 7) is 0.217. The van der Waals surface area contributed by atoms with Gasteiger partial charge < -0.3 is 19.6 Å². The van der Waals surface area contributed by atoms with E-state index in [1.165, 1.54) is 11.2 Å². The number of rotatable bonds is 2. The summed E-state index contributed by atoms with van der Waals surface area (Å²) in [6.07, 6.45) is 3.51. The first-order chi connectivity index (χ1) is 11.6. The number of nitrogens with zero attached hydrogens (tertiary/aromatic N) is 3. The fourth-order valence-corrected chi connectivity index (χ4v) is 3.34. The number of para-hydroxylation sites is 1. The number of nitrogens with one attached hydrogen (secondary N) is 1. The number of carboxylic acid groups (broad SMARTS) is 1. The fraction of sp³-hybridized carbons (Fsp3) is 0.235. The Morgan fingerprint density at radius 2 is 2.12 bits per heavy atom.